The molecule has 0 bridgehead atoms. The topological polar surface area (TPSA) is 38.6 Å². The number of fused-ring (bicyclic) bond motifs is 1. The van der Waals surface area contributed by atoms with Crippen molar-refractivity contribution in [2.75, 3.05) is 13.1 Å². The van der Waals surface area contributed by atoms with Gasteiger partial charge in [0.1, 0.15) is 11.9 Å². The summed E-state index contributed by atoms with van der Waals surface area (Å²) in [4.78, 5) is 0. The molecule has 25 heavy (non-hydrogen) atoms. The summed E-state index contributed by atoms with van der Waals surface area (Å²) in [6.45, 7) is 4.20. The molecule has 3 aromatic rings. The van der Waals surface area contributed by atoms with Gasteiger partial charge in [0.15, 0.2) is 0 Å². The number of piperidine rings is 1. The summed E-state index contributed by atoms with van der Waals surface area (Å²) in [6.07, 6.45) is 4.33. The number of nitrogens with one attached hydrogen (secondary N) is 1. The van der Waals surface area contributed by atoms with E-state index in [0.29, 0.717) is 6.10 Å². The normalized spacial score (nSPS) is 14.6. The molecule has 0 spiro atoms. The molecule has 1 aliphatic heterocycles. The molecule has 4 nitrogen and oxygen atoms in total. The maximum atomic E-state index is 6.08. The van der Waals surface area contributed by atoms with Gasteiger partial charge in [-0.05, 0) is 62.7 Å². The first-order valence-electron chi connectivity index (χ1n) is 8.22. The van der Waals surface area contributed by atoms with Crippen molar-refractivity contribution in [2.24, 2.45) is 0 Å². The lowest BCUT2D eigenvalue weighted by Gasteiger charge is -2.23. The Morgan fingerprint density at radius 2 is 1.72 bits per heavy atom. The largest absolute Gasteiger partial charge is 0.490 e. The van der Waals surface area contributed by atoms with Crippen molar-refractivity contribution in [1.29, 1.82) is 0 Å². The summed E-state index contributed by atoms with van der Waals surface area (Å²) in [5.41, 5.74) is 4.67. The molecule has 3 heterocycles. The summed E-state index contributed by atoms with van der Waals surface area (Å²) in [5, 5.41) is 7.75. The summed E-state index contributed by atoms with van der Waals surface area (Å²) in [6, 6.07) is 14.7. The number of aromatic nitrogens is 2. The van der Waals surface area contributed by atoms with Crippen LogP contribution in [0.5, 0.6) is 5.75 Å². The van der Waals surface area contributed by atoms with Crippen molar-refractivity contribution in [3.63, 3.8) is 0 Å². The van der Waals surface area contributed by atoms with E-state index in [4.69, 9.17) is 4.74 Å². The van der Waals surface area contributed by atoms with Crippen molar-refractivity contribution in [3.05, 3.63) is 54.4 Å². The number of hydrogen-bond acceptors (Lipinski definition) is 3. The molecule has 0 radical (unpaired) electrons. The van der Waals surface area contributed by atoms with Gasteiger partial charge in [0.05, 0.1) is 5.52 Å². The van der Waals surface area contributed by atoms with Gasteiger partial charge >= 0.3 is 0 Å². The molecular formula is C19H23Cl2N3O. The number of pyridine rings is 1. The maximum Gasteiger partial charge on any atom is 0.119 e. The summed E-state index contributed by atoms with van der Waals surface area (Å²) in [7, 11) is 0. The van der Waals surface area contributed by atoms with E-state index >= 15 is 0 Å². The molecule has 0 unspecified atom stereocenters. The summed E-state index contributed by atoms with van der Waals surface area (Å²) < 4.78 is 8.06. The average Bonchev–Trinajstić information content (AvgIpc) is 3.07. The van der Waals surface area contributed by atoms with E-state index in [1.807, 2.05) is 16.8 Å². The molecule has 134 valence electrons. The van der Waals surface area contributed by atoms with Crippen LogP contribution in [-0.4, -0.2) is 28.8 Å². The van der Waals surface area contributed by atoms with E-state index in [9.17, 15) is 0 Å². The van der Waals surface area contributed by atoms with Gasteiger partial charge in [-0.15, -0.1) is 24.8 Å². The van der Waals surface area contributed by atoms with E-state index in [2.05, 4.69) is 53.7 Å². The predicted octanol–water partition coefficient (Wildman–Crippen LogP) is 4.28. The number of ether oxygens (including phenoxy) is 1. The number of aryl methyl sites for hydroxylation is 1. The Hall–Kier alpha value is -1.75. The lowest BCUT2D eigenvalue weighted by atomic mass is 10.0. The smallest absolute Gasteiger partial charge is 0.119 e. The minimum Gasteiger partial charge on any atom is -0.490 e. The summed E-state index contributed by atoms with van der Waals surface area (Å²) >= 11 is 0. The van der Waals surface area contributed by atoms with Gasteiger partial charge in [0, 0.05) is 17.5 Å². The zero-order chi connectivity index (χ0) is 15.6. The average molecular weight is 380 g/mol. The molecule has 1 aliphatic rings. The monoisotopic (exact) mass is 379 g/mol. The van der Waals surface area contributed by atoms with Crippen LogP contribution >= 0.6 is 24.8 Å². The second kappa shape index (κ2) is 8.56. The Morgan fingerprint density at radius 1 is 1.00 bits per heavy atom. The van der Waals surface area contributed by atoms with Gasteiger partial charge in [-0.1, -0.05) is 18.2 Å². The first-order valence-corrected chi connectivity index (χ1v) is 8.22. The van der Waals surface area contributed by atoms with E-state index in [0.717, 1.165) is 42.9 Å². The van der Waals surface area contributed by atoms with Crippen molar-refractivity contribution in [3.8, 4) is 16.9 Å². The first kappa shape index (κ1) is 19.6. The minimum atomic E-state index is 0. The number of benzene rings is 1. The Balaban J connectivity index is 0.00000113. The third-order valence-electron chi connectivity index (χ3n) is 4.55. The fourth-order valence-electron chi connectivity index (χ4n) is 3.25. The van der Waals surface area contributed by atoms with E-state index in [1.54, 1.807) is 0 Å². The zero-order valence-electron chi connectivity index (χ0n) is 14.1. The van der Waals surface area contributed by atoms with Crippen LogP contribution in [0.25, 0.3) is 16.6 Å². The number of rotatable bonds is 3. The Kier molecular flexibility index (Phi) is 6.71. The second-order valence-corrected chi connectivity index (χ2v) is 6.09. The van der Waals surface area contributed by atoms with Crippen molar-refractivity contribution in [2.45, 2.75) is 25.9 Å². The molecule has 0 amide bonds. The van der Waals surface area contributed by atoms with Crippen LogP contribution in [0, 0.1) is 6.92 Å². The lowest BCUT2D eigenvalue weighted by molar-refractivity contribution is 0.162. The summed E-state index contributed by atoms with van der Waals surface area (Å²) in [5.74, 6) is 0.957. The third-order valence-corrected chi connectivity index (χ3v) is 4.55. The van der Waals surface area contributed by atoms with Crippen molar-refractivity contribution in [1.82, 2.24) is 14.9 Å². The highest BCUT2D eigenvalue weighted by molar-refractivity contribution is 5.85. The molecule has 0 atom stereocenters. The third kappa shape index (κ3) is 4.09. The quantitative estimate of drug-likeness (QED) is 0.737. The van der Waals surface area contributed by atoms with Crippen molar-refractivity contribution >= 4 is 30.3 Å². The van der Waals surface area contributed by atoms with Gasteiger partial charge in [0.2, 0.25) is 0 Å². The predicted molar refractivity (Wildman–Crippen MR) is 106 cm³/mol. The molecule has 1 N–H and O–H groups in total. The van der Waals surface area contributed by atoms with Gasteiger partial charge in [-0.3, -0.25) is 0 Å². The molecule has 1 aromatic carbocycles. The molecule has 4 rings (SSSR count). The van der Waals surface area contributed by atoms with Gasteiger partial charge in [-0.2, -0.15) is 5.10 Å². The highest BCUT2D eigenvalue weighted by Crippen LogP contribution is 2.27. The van der Waals surface area contributed by atoms with Crippen LogP contribution in [0.15, 0.2) is 48.7 Å². The number of hydrogen-bond donors (Lipinski definition) is 1. The molecule has 0 saturated carbocycles. The fourth-order valence-corrected chi connectivity index (χ4v) is 3.25. The molecule has 1 fully saturated rings. The number of nitrogens with zero attached hydrogens (tertiary/aromatic N) is 2. The van der Waals surface area contributed by atoms with Crippen LogP contribution in [0.4, 0.5) is 0 Å². The van der Waals surface area contributed by atoms with Gasteiger partial charge in [0.25, 0.3) is 0 Å². The van der Waals surface area contributed by atoms with Crippen molar-refractivity contribution < 1.29 is 4.74 Å². The zero-order valence-corrected chi connectivity index (χ0v) is 15.8. The Morgan fingerprint density at radius 3 is 2.44 bits per heavy atom. The minimum absolute atomic E-state index is 0. The van der Waals surface area contributed by atoms with Crippen LogP contribution in [-0.2, 0) is 0 Å². The molecule has 1 saturated heterocycles. The first-order chi connectivity index (χ1) is 11.3. The second-order valence-electron chi connectivity index (χ2n) is 6.09. The van der Waals surface area contributed by atoms with E-state index in [-0.39, 0.29) is 24.8 Å². The van der Waals surface area contributed by atoms with Crippen LogP contribution in [0.3, 0.4) is 0 Å². The molecular weight excluding hydrogens is 357 g/mol. The highest BCUT2D eigenvalue weighted by atomic mass is 35.5. The highest BCUT2D eigenvalue weighted by Gasteiger charge is 2.14. The molecule has 2 aromatic heterocycles. The van der Waals surface area contributed by atoms with E-state index in [1.165, 1.54) is 11.1 Å². The van der Waals surface area contributed by atoms with E-state index < -0.39 is 0 Å². The Bertz CT molecular complexity index is 811. The standard InChI is InChI=1S/C19H21N3O.2ClH/c1-14-19(7-4-16-8-13-21-22(14)16)15-2-5-17(6-3-15)23-18-9-11-20-12-10-18;;/h2-8,13,18,20H,9-12H2,1H3;2*1H. The fraction of sp³-hybridized carbons (Fsp3) is 0.316. The van der Waals surface area contributed by atoms with Crippen LogP contribution in [0.2, 0.25) is 0 Å². The van der Waals surface area contributed by atoms with Gasteiger partial charge in [-0.25, -0.2) is 4.52 Å². The maximum absolute atomic E-state index is 6.08. The SMILES string of the molecule is Cc1c(-c2ccc(OC3CCNCC3)cc2)ccc2ccnn12.Cl.Cl. The molecule has 0 aliphatic carbocycles. The van der Waals surface area contributed by atoms with Crippen LogP contribution in [0.1, 0.15) is 18.5 Å². The number of halogens is 2. The lowest BCUT2D eigenvalue weighted by Crippen LogP contribution is -2.34. The van der Waals surface area contributed by atoms with Gasteiger partial charge < -0.3 is 10.1 Å². The molecule has 6 heteroatoms. The Labute approximate surface area is 160 Å². The van der Waals surface area contributed by atoms with Crippen LogP contribution < -0.4 is 10.1 Å².